The second-order valence-electron chi connectivity index (χ2n) is 11.8. The zero-order chi connectivity index (χ0) is 29.4. The van der Waals surface area contributed by atoms with Gasteiger partial charge in [-0.3, -0.25) is 4.90 Å². The van der Waals surface area contributed by atoms with Crippen molar-refractivity contribution in [3.63, 3.8) is 0 Å². The van der Waals surface area contributed by atoms with Crippen molar-refractivity contribution < 1.29 is 32.6 Å². The highest BCUT2D eigenvalue weighted by atomic mass is 19.4. The molecule has 0 unspecified atom stereocenters. The minimum absolute atomic E-state index is 0.0238. The van der Waals surface area contributed by atoms with Crippen LogP contribution >= 0.6 is 0 Å². The summed E-state index contributed by atoms with van der Waals surface area (Å²) in [6, 6.07) is 6.30. The van der Waals surface area contributed by atoms with Crippen LogP contribution in [0.15, 0.2) is 36.4 Å². The van der Waals surface area contributed by atoms with Crippen LogP contribution in [0.1, 0.15) is 82.8 Å². The van der Waals surface area contributed by atoms with E-state index in [2.05, 4.69) is 10.3 Å². The molecule has 1 aliphatic heterocycles. The van der Waals surface area contributed by atoms with E-state index in [-0.39, 0.29) is 17.4 Å². The topological polar surface area (TPSA) is 91.8 Å². The molecule has 3 rings (SSSR count). The molecule has 39 heavy (non-hydrogen) atoms. The molecule has 1 amide bonds. The average Bonchev–Trinajstić information content (AvgIpc) is 3.13. The molecule has 0 spiro atoms. The molecule has 0 radical (unpaired) electrons. The Bertz CT molecular complexity index is 1210. The highest BCUT2D eigenvalue weighted by Gasteiger charge is 2.59. The van der Waals surface area contributed by atoms with Gasteiger partial charge < -0.3 is 15.2 Å². The number of likely N-dealkylation sites (tertiary alicyclic amines) is 1. The van der Waals surface area contributed by atoms with E-state index in [1.807, 2.05) is 52.8 Å². The van der Waals surface area contributed by atoms with Gasteiger partial charge >= 0.3 is 18.2 Å². The lowest BCUT2D eigenvalue weighted by molar-refractivity contribution is -0.144. The maximum atomic E-state index is 13.7. The number of aliphatic carboxylic acids is 1. The SMILES string of the molecule is Cc1cc(C(F)(F)F)cc(N[C@H]2[C@H](C(C)(C)C)[C@@H](C(=O)O)N(C(=O)OC(C)C)[C@H]2c2ccccc2C(C)C)n1. The third-order valence-electron chi connectivity index (χ3n) is 7.00. The van der Waals surface area contributed by atoms with Gasteiger partial charge in [-0.05, 0) is 55.4 Å². The quantitative estimate of drug-likeness (QED) is 0.402. The minimum Gasteiger partial charge on any atom is -0.480 e. The summed E-state index contributed by atoms with van der Waals surface area (Å²) < 4.78 is 46.5. The van der Waals surface area contributed by atoms with Crippen molar-refractivity contribution in [1.82, 2.24) is 9.88 Å². The van der Waals surface area contributed by atoms with Crippen molar-refractivity contribution in [1.29, 1.82) is 0 Å². The van der Waals surface area contributed by atoms with E-state index in [1.165, 1.54) is 11.8 Å². The summed E-state index contributed by atoms with van der Waals surface area (Å²) in [5.74, 6) is -1.97. The fraction of sp³-hybridized carbons (Fsp3) is 0.552. The lowest BCUT2D eigenvalue weighted by atomic mass is 9.72. The van der Waals surface area contributed by atoms with Crippen molar-refractivity contribution in [3.05, 3.63) is 58.8 Å². The fourth-order valence-corrected chi connectivity index (χ4v) is 5.58. The molecule has 7 nitrogen and oxygen atoms in total. The largest absolute Gasteiger partial charge is 0.480 e. The lowest BCUT2D eigenvalue weighted by Crippen LogP contribution is -2.48. The first kappa shape index (κ1) is 30.2. The predicted molar refractivity (Wildman–Crippen MR) is 142 cm³/mol. The summed E-state index contributed by atoms with van der Waals surface area (Å²) in [7, 11) is 0. The van der Waals surface area contributed by atoms with Gasteiger partial charge in [0.05, 0.1) is 23.8 Å². The standard InChI is InChI=1S/C29H38F3N3O4/c1-15(2)19-11-9-10-12-20(19)24-23(34-21-14-18(29(30,31)32)13-17(5)33-21)22(28(6,7)8)25(26(36)37)35(24)27(38)39-16(3)4/h9-16,22-25H,1-8H3,(H,33,34)(H,36,37)/t22-,23-,24-,25-/m0/s1. The second kappa shape index (κ2) is 11.1. The molecule has 214 valence electrons. The Hall–Kier alpha value is -3.30. The predicted octanol–water partition coefficient (Wildman–Crippen LogP) is 7.03. The van der Waals surface area contributed by atoms with Crippen LogP contribution < -0.4 is 5.32 Å². The van der Waals surface area contributed by atoms with Gasteiger partial charge in [0.25, 0.3) is 0 Å². The molecule has 0 aliphatic carbocycles. The van der Waals surface area contributed by atoms with Crippen LogP contribution in [0.2, 0.25) is 0 Å². The first-order valence-corrected chi connectivity index (χ1v) is 13.1. The number of hydrogen-bond acceptors (Lipinski definition) is 5. The van der Waals surface area contributed by atoms with Gasteiger partial charge in [0.15, 0.2) is 0 Å². The number of halogens is 3. The van der Waals surface area contributed by atoms with E-state index in [4.69, 9.17) is 4.74 Å². The molecule has 0 saturated carbocycles. The van der Waals surface area contributed by atoms with Crippen molar-refractivity contribution in [2.45, 2.75) is 91.7 Å². The molecule has 2 heterocycles. The number of alkyl halides is 3. The number of pyridine rings is 1. The second-order valence-corrected chi connectivity index (χ2v) is 11.8. The number of ether oxygens (including phenoxy) is 1. The number of carboxylic acids is 1. The minimum atomic E-state index is -4.59. The number of benzene rings is 1. The molecule has 10 heteroatoms. The molecule has 1 aromatic carbocycles. The van der Waals surface area contributed by atoms with Gasteiger partial charge in [-0.25, -0.2) is 14.6 Å². The molecule has 1 aliphatic rings. The number of rotatable bonds is 6. The number of carbonyl (C=O) groups is 2. The Morgan fingerprint density at radius 2 is 1.69 bits per heavy atom. The van der Waals surface area contributed by atoms with Crippen molar-refractivity contribution >= 4 is 17.9 Å². The van der Waals surface area contributed by atoms with Gasteiger partial charge in [-0.1, -0.05) is 58.9 Å². The van der Waals surface area contributed by atoms with E-state index < -0.39 is 59.4 Å². The van der Waals surface area contributed by atoms with Crippen LogP contribution in [0.4, 0.5) is 23.8 Å². The summed E-state index contributed by atoms with van der Waals surface area (Å²) in [4.78, 5) is 32.0. The van der Waals surface area contributed by atoms with E-state index in [0.717, 1.165) is 17.7 Å². The Labute approximate surface area is 227 Å². The normalized spacial score (nSPS) is 21.9. The number of hydrogen-bond donors (Lipinski definition) is 2. The Morgan fingerprint density at radius 1 is 1.08 bits per heavy atom. The van der Waals surface area contributed by atoms with E-state index in [1.54, 1.807) is 19.9 Å². The average molecular weight is 550 g/mol. The number of carboxylic acid groups (broad SMARTS) is 1. The van der Waals surface area contributed by atoms with Gasteiger partial charge in [0, 0.05) is 11.6 Å². The third-order valence-corrected chi connectivity index (χ3v) is 7.00. The zero-order valence-electron chi connectivity index (χ0n) is 23.6. The summed E-state index contributed by atoms with van der Waals surface area (Å²) >= 11 is 0. The lowest BCUT2D eigenvalue weighted by Gasteiger charge is -2.35. The van der Waals surface area contributed by atoms with Crippen molar-refractivity contribution in [2.24, 2.45) is 11.3 Å². The molecule has 4 atom stereocenters. The van der Waals surface area contributed by atoms with Gasteiger partial charge in [0.2, 0.25) is 0 Å². The monoisotopic (exact) mass is 549 g/mol. The Balaban J connectivity index is 2.32. The molecule has 2 aromatic rings. The summed E-state index contributed by atoms with van der Waals surface area (Å²) in [5, 5.41) is 13.6. The number of aromatic nitrogens is 1. The van der Waals surface area contributed by atoms with Crippen LogP contribution in [-0.2, 0) is 15.7 Å². The number of anilines is 1. The summed E-state index contributed by atoms with van der Waals surface area (Å²) in [6.07, 6.45) is -5.91. The van der Waals surface area contributed by atoms with Crippen molar-refractivity contribution in [3.8, 4) is 0 Å². The summed E-state index contributed by atoms with van der Waals surface area (Å²) in [5.41, 5.74) is 0.196. The maximum Gasteiger partial charge on any atom is 0.416 e. The highest BCUT2D eigenvalue weighted by Crippen LogP contribution is 2.50. The van der Waals surface area contributed by atoms with Crippen LogP contribution in [0, 0.1) is 18.3 Å². The molecule has 1 fully saturated rings. The third kappa shape index (κ3) is 6.47. The highest BCUT2D eigenvalue weighted by molar-refractivity contribution is 5.83. The van der Waals surface area contributed by atoms with Crippen LogP contribution in [0.25, 0.3) is 0 Å². The van der Waals surface area contributed by atoms with Crippen LogP contribution in [0.3, 0.4) is 0 Å². The fourth-order valence-electron chi connectivity index (χ4n) is 5.58. The molecule has 2 N–H and O–H groups in total. The smallest absolute Gasteiger partial charge is 0.416 e. The van der Waals surface area contributed by atoms with E-state index >= 15 is 0 Å². The van der Waals surface area contributed by atoms with E-state index in [9.17, 15) is 27.9 Å². The van der Waals surface area contributed by atoms with Crippen molar-refractivity contribution in [2.75, 3.05) is 5.32 Å². The summed E-state index contributed by atoms with van der Waals surface area (Å²) in [6.45, 7) is 14.4. The number of nitrogens with one attached hydrogen (secondary N) is 1. The van der Waals surface area contributed by atoms with Crippen LogP contribution in [-0.4, -0.2) is 45.2 Å². The van der Waals surface area contributed by atoms with E-state index in [0.29, 0.717) is 5.56 Å². The Morgan fingerprint density at radius 3 is 2.21 bits per heavy atom. The zero-order valence-corrected chi connectivity index (χ0v) is 23.6. The Kier molecular flexibility index (Phi) is 8.57. The number of carbonyl (C=O) groups excluding carboxylic acids is 1. The van der Waals surface area contributed by atoms with Gasteiger partial charge in [-0.15, -0.1) is 0 Å². The van der Waals surface area contributed by atoms with Crippen LogP contribution in [0.5, 0.6) is 0 Å². The molecular weight excluding hydrogens is 511 g/mol. The molecule has 0 bridgehead atoms. The molecule has 1 aromatic heterocycles. The molecular formula is C29H38F3N3O4. The number of nitrogens with zero attached hydrogens (tertiary/aromatic N) is 2. The maximum absolute atomic E-state index is 13.7. The number of aryl methyl sites for hydroxylation is 1. The van der Waals surface area contributed by atoms with Gasteiger partial charge in [-0.2, -0.15) is 13.2 Å². The number of amides is 1. The first-order chi connectivity index (χ1) is 17.9. The van der Waals surface area contributed by atoms with Gasteiger partial charge in [0.1, 0.15) is 11.9 Å². The molecule has 1 saturated heterocycles. The first-order valence-electron chi connectivity index (χ1n) is 13.1.